The highest BCUT2D eigenvalue weighted by molar-refractivity contribution is 6.31. The summed E-state index contributed by atoms with van der Waals surface area (Å²) in [6.07, 6.45) is 4.75. The standard InChI is InChI=1S/C25H28ClFN4O3/c1-16(14-33-4)34-24-13-23-20(11-17(24)10-19(32)6-5-9-31(2)3)25(29-15-28-23)30-18-7-8-22(27)21(26)12-18/h5-8,11-13,15-16H,9-10,14H2,1-4H3,(H,28,29,30)/b6-5+/t16-/m1/s1. The van der Waals surface area contributed by atoms with Crippen LogP contribution >= 0.6 is 11.6 Å². The molecule has 180 valence electrons. The molecule has 0 aliphatic heterocycles. The van der Waals surface area contributed by atoms with E-state index in [1.54, 1.807) is 25.3 Å². The van der Waals surface area contributed by atoms with Crippen LogP contribution in [0.5, 0.6) is 5.75 Å². The van der Waals surface area contributed by atoms with Gasteiger partial charge in [0.05, 0.1) is 17.1 Å². The third kappa shape index (κ3) is 6.96. The van der Waals surface area contributed by atoms with Crippen molar-refractivity contribution in [3.63, 3.8) is 0 Å². The number of ether oxygens (including phenoxy) is 2. The van der Waals surface area contributed by atoms with Crippen LogP contribution in [-0.2, 0) is 16.0 Å². The minimum atomic E-state index is -0.505. The summed E-state index contributed by atoms with van der Waals surface area (Å²) >= 11 is 5.92. The topological polar surface area (TPSA) is 76.6 Å². The Hall–Kier alpha value is -3.07. The van der Waals surface area contributed by atoms with E-state index in [0.29, 0.717) is 46.9 Å². The molecule has 0 aliphatic carbocycles. The van der Waals surface area contributed by atoms with Crippen molar-refractivity contribution in [1.82, 2.24) is 14.9 Å². The van der Waals surface area contributed by atoms with Crippen molar-refractivity contribution in [2.45, 2.75) is 19.4 Å². The van der Waals surface area contributed by atoms with E-state index in [-0.39, 0.29) is 23.3 Å². The van der Waals surface area contributed by atoms with Crippen molar-refractivity contribution >= 4 is 39.8 Å². The second-order valence-corrected chi connectivity index (χ2v) is 8.55. The number of nitrogens with one attached hydrogen (secondary N) is 1. The Kier molecular flexibility index (Phi) is 8.92. The van der Waals surface area contributed by atoms with Gasteiger partial charge in [-0.15, -0.1) is 0 Å². The number of hydrogen-bond acceptors (Lipinski definition) is 7. The number of allylic oxidation sites excluding steroid dienone is 1. The molecule has 3 rings (SSSR count). The summed E-state index contributed by atoms with van der Waals surface area (Å²) in [7, 11) is 5.47. The smallest absolute Gasteiger partial charge is 0.159 e. The Morgan fingerprint density at radius 2 is 2.06 bits per heavy atom. The summed E-state index contributed by atoms with van der Waals surface area (Å²) in [4.78, 5) is 23.3. The molecule has 1 aromatic heterocycles. The summed E-state index contributed by atoms with van der Waals surface area (Å²) in [5.74, 6) is 0.499. The molecule has 2 aromatic carbocycles. The van der Waals surface area contributed by atoms with Gasteiger partial charge in [0.2, 0.25) is 0 Å². The predicted octanol–water partition coefficient (Wildman–Crippen LogP) is 4.81. The second kappa shape index (κ2) is 11.9. The van der Waals surface area contributed by atoms with Gasteiger partial charge >= 0.3 is 0 Å². The van der Waals surface area contributed by atoms with Crippen LogP contribution in [0.25, 0.3) is 10.9 Å². The average Bonchev–Trinajstić information content (AvgIpc) is 2.77. The van der Waals surface area contributed by atoms with Crippen LogP contribution in [0.3, 0.4) is 0 Å². The van der Waals surface area contributed by atoms with Gasteiger partial charge in [-0.3, -0.25) is 4.79 Å². The highest BCUT2D eigenvalue weighted by Gasteiger charge is 2.16. The molecular weight excluding hydrogens is 459 g/mol. The number of aromatic nitrogens is 2. The highest BCUT2D eigenvalue weighted by Crippen LogP contribution is 2.31. The molecule has 7 nitrogen and oxygen atoms in total. The average molecular weight is 487 g/mol. The Morgan fingerprint density at radius 1 is 1.26 bits per heavy atom. The lowest BCUT2D eigenvalue weighted by molar-refractivity contribution is -0.114. The van der Waals surface area contributed by atoms with Crippen LogP contribution in [0, 0.1) is 5.82 Å². The van der Waals surface area contributed by atoms with Crippen molar-refractivity contribution in [3.8, 4) is 5.75 Å². The molecule has 3 aromatic rings. The normalized spacial score (nSPS) is 12.4. The molecule has 0 radical (unpaired) electrons. The molecular formula is C25H28ClFN4O3. The first-order valence-corrected chi connectivity index (χ1v) is 11.1. The van der Waals surface area contributed by atoms with Gasteiger partial charge in [-0.1, -0.05) is 17.7 Å². The van der Waals surface area contributed by atoms with Crippen LogP contribution < -0.4 is 10.1 Å². The predicted molar refractivity (Wildman–Crippen MR) is 133 cm³/mol. The van der Waals surface area contributed by atoms with Gasteiger partial charge in [0.25, 0.3) is 0 Å². The van der Waals surface area contributed by atoms with Gasteiger partial charge in [0.1, 0.15) is 29.8 Å². The van der Waals surface area contributed by atoms with Gasteiger partial charge in [-0.05, 0) is 51.4 Å². The van der Waals surface area contributed by atoms with Crippen LogP contribution in [0.15, 0.2) is 48.8 Å². The summed E-state index contributed by atoms with van der Waals surface area (Å²) in [5.41, 5.74) is 1.90. The van der Waals surface area contributed by atoms with E-state index < -0.39 is 5.82 Å². The number of ketones is 1. The molecule has 0 saturated heterocycles. The monoisotopic (exact) mass is 486 g/mol. The van der Waals surface area contributed by atoms with Gasteiger partial charge in [-0.25, -0.2) is 14.4 Å². The maximum atomic E-state index is 13.6. The van der Waals surface area contributed by atoms with Crippen molar-refractivity contribution in [2.24, 2.45) is 0 Å². The molecule has 0 aliphatic rings. The molecule has 1 N–H and O–H groups in total. The number of likely N-dealkylation sites (N-methyl/N-ethyl adjacent to an activating group) is 1. The second-order valence-electron chi connectivity index (χ2n) is 8.14. The van der Waals surface area contributed by atoms with E-state index in [2.05, 4.69) is 15.3 Å². The fourth-order valence-electron chi connectivity index (χ4n) is 3.31. The summed E-state index contributed by atoms with van der Waals surface area (Å²) in [6, 6.07) is 7.96. The van der Waals surface area contributed by atoms with E-state index in [9.17, 15) is 9.18 Å². The van der Waals surface area contributed by atoms with Crippen molar-refractivity contribution < 1.29 is 18.7 Å². The maximum absolute atomic E-state index is 13.6. The summed E-state index contributed by atoms with van der Waals surface area (Å²) in [6.45, 7) is 2.96. The van der Waals surface area contributed by atoms with Gasteiger partial charge in [0, 0.05) is 42.8 Å². The van der Waals surface area contributed by atoms with Crippen LogP contribution in [-0.4, -0.2) is 61.1 Å². The van der Waals surface area contributed by atoms with Crippen LogP contribution in [0.2, 0.25) is 5.02 Å². The maximum Gasteiger partial charge on any atom is 0.159 e. The molecule has 0 unspecified atom stereocenters. The Bertz CT molecular complexity index is 1190. The fourth-order valence-corrected chi connectivity index (χ4v) is 3.49. The van der Waals surface area contributed by atoms with Crippen molar-refractivity contribution in [3.05, 3.63) is 65.2 Å². The number of methoxy groups -OCH3 is 1. The SMILES string of the molecule is COC[C@@H](C)Oc1cc2ncnc(Nc3ccc(F)c(Cl)c3)c2cc1CC(=O)/C=C/CN(C)C. The zero-order chi connectivity index (χ0) is 24.7. The molecule has 1 heterocycles. The molecule has 1 atom stereocenters. The minimum absolute atomic E-state index is 0.00183. The van der Waals surface area contributed by atoms with Gasteiger partial charge in [0.15, 0.2) is 5.78 Å². The number of rotatable bonds is 11. The molecule has 0 saturated carbocycles. The Labute approximate surface area is 203 Å². The third-order valence-corrected chi connectivity index (χ3v) is 5.16. The van der Waals surface area contributed by atoms with Gasteiger partial charge in [-0.2, -0.15) is 0 Å². The first-order valence-electron chi connectivity index (χ1n) is 10.8. The number of halogens is 2. The number of benzene rings is 2. The molecule has 0 fully saturated rings. The molecule has 0 amide bonds. The largest absolute Gasteiger partial charge is 0.488 e. The van der Waals surface area contributed by atoms with Crippen LogP contribution in [0.1, 0.15) is 12.5 Å². The number of anilines is 2. The lowest BCUT2D eigenvalue weighted by atomic mass is 10.0. The molecule has 9 heteroatoms. The number of hydrogen-bond donors (Lipinski definition) is 1. The lowest BCUT2D eigenvalue weighted by Crippen LogP contribution is -2.19. The minimum Gasteiger partial charge on any atom is -0.488 e. The number of nitrogens with zero attached hydrogens (tertiary/aromatic N) is 3. The zero-order valence-electron chi connectivity index (χ0n) is 19.6. The summed E-state index contributed by atoms with van der Waals surface area (Å²) < 4.78 is 24.8. The van der Waals surface area contributed by atoms with Crippen LogP contribution in [0.4, 0.5) is 15.9 Å². The number of fused-ring (bicyclic) bond motifs is 1. The number of carbonyl (C=O) groups excluding carboxylic acids is 1. The fraction of sp³-hybridized carbons (Fsp3) is 0.320. The quantitative estimate of drug-likeness (QED) is 0.390. The molecule has 0 spiro atoms. The first-order chi connectivity index (χ1) is 16.3. The molecule has 34 heavy (non-hydrogen) atoms. The van der Waals surface area contributed by atoms with E-state index in [4.69, 9.17) is 21.1 Å². The van der Waals surface area contributed by atoms with Crippen molar-refractivity contribution in [1.29, 1.82) is 0 Å². The Morgan fingerprint density at radius 3 is 2.76 bits per heavy atom. The third-order valence-electron chi connectivity index (χ3n) is 4.87. The van der Waals surface area contributed by atoms with E-state index in [1.807, 2.05) is 38.1 Å². The highest BCUT2D eigenvalue weighted by atomic mass is 35.5. The lowest BCUT2D eigenvalue weighted by Gasteiger charge is -2.18. The molecule has 0 bridgehead atoms. The van der Waals surface area contributed by atoms with E-state index in [1.165, 1.54) is 18.5 Å². The van der Waals surface area contributed by atoms with Gasteiger partial charge < -0.3 is 19.7 Å². The van der Waals surface area contributed by atoms with E-state index in [0.717, 1.165) is 0 Å². The number of carbonyl (C=O) groups is 1. The summed E-state index contributed by atoms with van der Waals surface area (Å²) in [5, 5.41) is 3.85. The van der Waals surface area contributed by atoms with E-state index >= 15 is 0 Å². The Balaban J connectivity index is 1.99. The van der Waals surface area contributed by atoms with Crippen molar-refractivity contribution in [2.75, 3.05) is 39.7 Å². The first kappa shape index (κ1) is 25.6. The zero-order valence-corrected chi connectivity index (χ0v) is 20.4.